The van der Waals surface area contributed by atoms with Gasteiger partial charge in [-0.15, -0.1) is 0 Å². The molecule has 0 saturated carbocycles. The van der Waals surface area contributed by atoms with Crippen LogP contribution in [0.3, 0.4) is 0 Å². The van der Waals surface area contributed by atoms with Crippen LogP contribution in [-0.2, 0) is 21.7 Å². The molecule has 480 valence electrons. The first-order valence-corrected chi connectivity index (χ1v) is 27.7. The number of rotatable bonds is 24. The van der Waals surface area contributed by atoms with Gasteiger partial charge in [-0.05, 0) is 189 Å². The molecule has 0 aliphatic carbocycles. The monoisotopic (exact) mass is 1240 g/mol. The number of hydrogen-bond donors (Lipinski definition) is 8. The molecule has 85 heavy (non-hydrogen) atoms. The van der Waals surface area contributed by atoms with Crippen molar-refractivity contribution in [2.24, 2.45) is 0 Å². The van der Waals surface area contributed by atoms with Gasteiger partial charge in [0.25, 0.3) is 0 Å². The van der Waals surface area contributed by atoms with Gasteiger partial charge in [0.15, 0.2) is 46.0 Å². The fourth-order valence-electron chi connectivity index (χ4n) is 6.68. The van der Waals surface area contributed by atoms with Crippen molar-refractivity contribution >= 4 is 0 Å². The van der Waals surface area contributed by atoms with Gasteiger partial charge < -0.3 is 118 Å². The Hall–Kier alpha value is -7.21. The maximum absolute atomic E-state index is 12.4. The molecule has 24 nitrogen and oxygen atoms in total. The average molecular weight is 1250 g/mol. The van der Waals surface area contributed by atoms with Crippen molar-refractivity contribution in [2.45, 2.75) is 239 Å². The van der Waals surface area contributed by atoms with E-state index in [9.17, 15) is 61.3 Å². The van der Waals surface area contributed by atoms with Crippen LogP contribution in [0.5, 0.6) is 138 Å². The third kappa shape index (κ3) is 23.0. The van der Waals surface area contributed by atoms with Crippen molar-refractivity contribution in [2.75, 3.05) is 0 Å². The average Bonchev–Trinajstić information content (AvgIpc) is 3.36. The number of phenols is 8. The van der Waals surface area contributed by atoms with Gasteiger partial charge in [-0.2, -0.15) is 0 Å². The third-order valence-electron chi connectivity index (χ3n) is 9.34. The summed E-state index contributed by atoms with van der Waals surface area (Å²) in [5.74, 6) is -10.1. The van der Waals surface area contributed by atoms with Crippen LogP contribution in [0.4, 0.5) is 0 Å². The largest absolute Gasteiger partial charge is 4.00 e. The van der Waals surface area contributed by atoms with Crippen LogP contribution in [0.15, 0.2) is 0 Å². The quantitative estimate of drug-likeness (QED) is 0.0239. The Morgan fingerprint density at radius 2 is 0.259 bits per heavy atom. The summed E-state index contributed by atoms with van der Waals surface area (Å²) in [6.45, 7) is 41.5. The summed E-state index contributed by atoms with van der Waals surface area (Å²) in [6, 6.07) is 0. The third-order valence-corrected chi connectivity index (χ3v) is 9.34. The number of phenolic OH excluding ortho intramolecular Hbond substituents is 8. The molecular weight excluding hydrogens is 1150 g/mol. The van der Waals surface area contributed by atoms with Crippen LogP contribution in [0, 0.1) is 0 Å². The molecule has 0 radical (unpaired) electrons. The molecule has 25 heteroatoms. The van der Waals surface area contributed by atoms with Gasteiger partial charge in [-0.3, -0.25) is 0 Å². The Morgan fingerprint density at radius 1 is 0.176 bits per heavy atom. The smallest absolute Gasteiger partial charge is 0.867 e. The summed E-state index contributed by atoms with van der Waals surface area (Å²) in [6.07, 6.45) is -3.79. The second-order valence-corrected chi connectivity index (χ2v) is 22.1. The van der Waals surface area contributed by atoms with E-state index in [1.807, 2.05) is 0 Å². The molecule has 4 aromatic rings. The normalized spacial score (nSPS) is 11.2. The number of ether oxygens (including phenoxy) is 12. The van der Waals surface area contributed by atoms with Gasteiger partial charge in [0, 0.05) is 0 Å². The molecular formula is C60H92O24Ti. The second-order valence-electron chi connectivity index (χ2n) is 22.1. The van der Waals surface area contributed by atoms with E-state index in [1.54, 1.807) is 166 Å². The first kappa shape index (κ1) is 77.8. The molecule has 4 aromatic carbocycles. The first-order chi connectivity index (χ1) is 38.6. The van der Waals surface area contributed by atoms with Gasteiger partial charge in [0.1, 0.15) is 0 Å². The zero-order chi connectivity index (χ0) is 65.3. The molecule has 0 unspecified atom stereocenters. The Morgan fingerprint density at radius 3 is 0.365 bits per heavy atom. The maximum Gasteiger partial charge on any atom is 4.00 e. The van der Waals surface area contributed by atoms with Gasteiger partial charge in [0.05, 0.1) is 73.2 Å². The van der Waals surface area contributed by atoms with Crippen molar-refractivity contribution < 1.29 is 140 Å². The molecule has 0 heterocycles. The van der Waals surface area contributed by atoms with Crippen molar-refractivity contribution in [3.63, 3.8) is 0 Å². The molecule has 0 amide bonds. The van der Waals surface area contributed by atoms with Gasteiger partial charge in [-0.25, -0.2) is 0 Å². The van der Waals surface area contributed by atoms with Crippen LogP contribution in [0.2, 0.25) is 0 Å². The molecule has 0 aliphatic rings. The molecule has 0 saturated heterocycles. The Kier molecular flexibility index (Phi) is 31.7. The van der Waals surface area contributed by atoms with Crippen LogP contribution in [0.25, 0.3) is 0 Å². The molecule has 4 rings (SSSR count). The molecule has 0 spiro atoms. The first-order valence-electron chi connectivity index (χ1n) is 27.7. The minimum atomic E-state index is -0.650. The van der Waals surface area contributed by atoms with Gasteiger partial charge in [0.2, 0.25) is 69.0 Å². The summed E-state index contributed by atoms with van der Waals surface area (Å²) in [5.41, 5.74) is 0. The van der Waals surface area contributed by atoms with E-state index in [2.05, 4.69) is 0 Å². The molecule has 0 atom stereocenters. The van der Waals surface area contributed by atoms with Crippen molar-refractivity contribution in [3.05, 3.63) is 0 Å². The van der Waals surface area contributed by atoms with Crippen LogP contribution < -0.4 is 77.3 Å². The Balaban J connectivity index is 0.00000110. The van der Waals surface area contributed by atoms with Crippen LogP contribution in [0.1, 0.15) is 166 Å². The van der Waals surface area contributed by atoms with Crippen molar-refractivity contribution in [1.82, 2.24) is 0 Å². The van der Waals surface area contributed by atoms with Crippen LogP contribution >= 0.6 is 0 Å². The summed E-state index contributed by atoms with van der Waals surface area (Å²) < 4.78 is 64.5. The van der Waals surface area contributed by atoms with E-state index in [-0.39, 0.29) is 164 Å². The molecule has 0 aliphatic heterocycles. The fraction of sp³-hybridized carbons (Fsp3) is 0.600. The van der Waals surface area contributed by atoms with Gasteiger partial charge >= 0.3 is 21.7 Å². The van der Waals surface area contributed by atoms with E-state index in [1.165, 1.54) is 0 Å². The summed E-state index contributed by atoms with van der Waals surface area (Å²) in [7, 11) is 0. The maximum atomic E-state index is 12.4. The second kappa shape index (κ2) is 34.7. The van der Waals surface area contributed by atoms with E-state index < -0.39 is 69.0 Å². The van der Waals surface area contributed by atoms with E-state index in [0.29, 0.717) is 0 Å². The topological polar surface area (TPSA) is 365 Å². The molecule has 0 bridgehead atoms. The standard InChI is InChI=1S/4C15H24O6.Ti/c4*1-7(2)19-13-10(16)11(17)14(20-8(3)4)15(12(13)18)21-9(5)6;/h4*7-9,16-18H,1-6H3;/q;;;;+4/p-4. The minimum Gasteiger partial charge on any atom is -0.867 e. The summed E-state index contributed by atoms with van der Waals surface area (Å²) in [4.78, 5) is 0. The Labute approximate surface area is 515 Å². The SMILES string of the molecule is CC(C)Oc1c([O-])c(OC(C)C)c(OC(C)C)c(O)c1O.CC(C)Oc1c([O-])c(OC(C)C)c(OC(C)C)c(O)c1O.CC(C)Oc1c([O-])c(OC(C)C)c(OC(C)C)c(O)c1O.CC(C)Oc1c([O-])c(OC(C)C)c(OC(C)C)c(O)c1O.[Ti+4]. The summed E-state index contributed by atoms with van der Waals surface area (Å²) >= 11 is 0. The van der Waals surface area contributed by atoms with E-state index in [0.717, 1.165) is 0 Å². The zero-order valence-corrected chi connectivity index (χ0v) is 55.1. The molecule has 0 fully saturated rings. The van der Waals surface area contributed by atoms with Crippen molar-refractivity contribution in [1.29, 1.82) is 0 Å². The Bertz CT molecular complexity index is 2350. The zero-order valence-electron chi connectivity index (χ0n) is 53.5. The minimum absolute atomic E-state index is 0. The number of aromatic hydroxyl groups is 8. The van der Waals surface area contributed by atoms with E-state index >= 15 is 0 Å². The van der Waals surface area contributed by atoms with E-state index in [4.69, 9.17) is 56.8 Å². The predicted octanol–water partition coefficient (Wildman–Crippen LogP) is 10.1. The van der Waals surface area contributed by atoms with Crippen LogP contribution in [-0.4, -0.2) is 114 Å². The van der Waals surface area contributed by atoms with Crippen molar-refractivity contribution in [3.8, 4) is 138 Å². The predicted molar refractivity (Wildman–Crippen MR) is 306 cm³/mol. The number of hydrogen-bond acceptors (Lipinski definition) is 24. The number of benzene rings is 4. The summed E-state index contributed by atoms with van der Waals surface area (Å²) in [5, 5.41) is 130. The molecule has 0 aromatic heterocycles. The molecule has 8 N–H and O–H groups in total. The van der Waals surface area contributed by atoms with Gasteiger partial charge in [-0.1, -0.05) is 0 Å². The fourth-order valence-corrected chi connectivity index (χ4v) is 6.68.